The molecule has 0 spiro atoms. The zero-order valence-corrected chi connectivity index (χ0v) is 20.5. The van der Waals surface area contributed by atoms with Crippen molar-refractivity contribution in [1.29, 1.82) is 5.26 Å². The van der Waals surface area contributed by atoms with Gasteiger partial charge in [-0.25, -0.2) is 9.78 Å². The van der Waals surface area contributed by atoms with Crippen LogP contribution in [0.1, 0.15) is 25.5 Å². The zero-order valence-electron chi connectivity index (χ0n) is 19.7. The largest absolute Gasteiger partial charge is 0.457 e. The number of hydrogen-bond acceptors (Lipinski definition) is 8. The van der Waals surface area contributed by atoms with Crippen LogP contribution in [0.3, 0.4) is 0 Å². The molecule has 0 bridgehead atoms. The summed E-state index contributed by atoms with van der Waals surface area (Å²) in [6.07, 6.45) is 4.50. The number of hydrogen-bond donors (Lipinski definition) is 1. The summed E-state index contributed by atoms with van der Waals surface area (Å²) >= 11 is 0.967. The van der Waals surface area contributed by atoms with Crippen molar-refractivity contribution >= 4 is 34.6 Å². The van der Waals surface area contributed by atoms with Crippen LogP contribution in [0.25, 0.3) is 11.5 Å². The fraction of sp³-hybridized carbons (Fsp3) is 0.360. The van der Waals surface area contributed by atoms with Crippen molar-refractivity contribution < 1.29 is 18.3 Å². The maximum Gasteiger partial charge on any atom is 0.357 e. The zero-order chi connectivity index (χ0) is 26.1. The fourth-order valence-electron chi connectivity index (χ4n) is 3.52. The van der Waals surface area contributed by atoms with Gasteiger partial charge in [0.05, 0.1) is 6.54 Å². The maximum atomic E-state index is 14.7. The first-order chi connectivity index (χ1) is 17.3. The van der Waals surface area contributed by atoms with Crippen LogP contribution in [-0.2, 0) is 22.0 Å². The van der Waals surface area contributed by atoms with Gasteiger partial charge in [0, 0.05) is 12.7 Å². The van der Waals surface area contributed by atoms with Crippen LogP contribution in [0.5, 0.6) is 0 Å². The first kappa shape index (κ1) is 26.8. The molecule has 0 amide bonds. The lowest BCUT2D eigenvalue weighted by atomic mass is 10.2. The number of nitriles is 1. The second-order valence-corrected chi connectivity index (χ2v) is 8.81. The summed E-state index contributed by atoms with van der Waals surface area (Å²) in [5, 5.41) is 12.0. The van der Waals surface area contributed by atoms with Gasteiger partial charge in [0.1, 0.15) is 33.4 Å². The van der Waals surface area contributed by atoms with Crippen LogP contribution >= 0.6 is 11.3 Å². The first-order valence-electron chi connectivity index (χ1n) is 11.3. The number of ether oxygens (including phenoxy) is 1. The Morgan fingerprint density at radius 1 is 1.39 bits per heavy atom. The number of rotatable bonds is 9. The number of aromatic nitrogens is 2. The molecular weight excluding hydrogens is 488 g/mol. The summed E-state index contributed by atoms with van der Waals surface area (Å²) in [6, 6.07) is 6.02. The van der Waals surface area contributed by atoms with E-state index < -0.39 is 17.5 Å². The number of thiazole rings is 1. The number of carbonyl (C=O) groups is 1. The van der Waals surface area contributed by atoms with Gasteiger partial charge in [-0.15, -0.1) is 0 Å². The molecule has 0 radical (unpaired) electrons. The highest BCUT2D eigenvalue weighted by Gasteiger charge is 2.36. The average molecular weight is 514 g/mol. The standard InChI is InChI=1S/C25H25F2N5O3S/c1-3-14-35-24(34)18(16-28)15-22-32(4-2)23(33)19(36-22)10-11-29-21-9-7-8-20(30-21)25(26,27)17-31-12-5-6-13-31/h3,7-9,11H,1,4-6,12-14,17H2,2H3,(H,29,30). The Morgan fingerprint density at radius 2 is 2.14 bits per heavy atom. The van der Waals surface area contributed by atoms with Gasteiger partial charge in [-0.1, -0.05) is 41.5 Å². The molecule has 0 atom stereocenters. The summed E-state index contributed by atoms with van der Waals surface area (Å²) in [4.78, 5) is 30.4. The van der Waals surface area contributed by atoms with Crippen molar-refractivity contribution in [1.82, 2.24) is 14.5 Å². The van der Waals surface area contributed by atoms with Crippen molar-refractivity contribution in [2.75, 3.05) is 31.6 Å². The van der Waals surface area contributed by atoms with Crippen LogP contribution in [0, 0.1) is 11.3 Å². The van der Waals surface area contributed by atoms with Gasteiger partial charge in [-0.2, -0.15) is 14.0 Å². The Morgan fingerprint density at radius 3 is 2.81 bits per heavy atom. The molecule has 188 valence electrons. The molecule has 0 aliphatic carbocycles. The van der Waals surface area contributed by atoms with Gasteiger partial charge in [0.2, 0.25) is 0 Å². The van der Waals surface area contributed by atoms with E-state index in [0.717, 1.165) is 24.2 Å². The molecule has 0 aromatic carbocycles. The lowest BCUT2D eigenvalue weighted by Crippen LogP contribution is -2.34. The number of esters is 1. The van der Waals surface area contributed by atoms with E-state index in [-0.39, 0.29) is 46.0 Å². The van der Waals surface area contributed by atoms with Crippen molar-refractivity contribution in [3.8, 4) is 6.07 Å². The van der Waals surface area contributed by atoms with E-state index in [9.17, 15) is 23.6 Å². The molecule has 8 nitrogen and oxygen atoms in total. The minimum Gasteiger partial charge on any atom is -0.457 e. The number of pyridine rings is 1. The third kappa shape index (κ3) is 6.66. The summed E-state index contributed by atoms with van der Waals surface area (Å²) in [5.74, 6) is -3.80. The van der Waals surface area contributed by atoms with Crippen LogP contribution in [-0.4, -0.2) is 46.7 Å². The number of halogens is 2. The normalized spacial score (nSPS) is 13.3. The quantitative estimate of drug-likeness (QED) is 0.237. The molecule has 0 unspecified atom stereocenters. The van der Waals surface area contributed by atoms with Gasteiger partial charge in [0.25, 0.3) is 5.56 Å². The minimum atomic E-state index is -3.10. The van der Waals surface area contributed by atoms with Crippen molar-refractivity contribution in [3.05, 3.63) is 67.9 Å². The van der Waals surface area contributed by atoms with E-state index >= 15 is 0 Å². The Bertz CT molecular complexity index is 1420. The van der Waals surface area contributed by atoms with Crippen molar-refractivity contribution in [2.24, 2.45) is 0 Å². The molecule has 1 aliphatic heterocycles. The number of nitrogens with one attached hydrogen (secondary N) is 1. The van der Waals surface area contributed by atoms with E-state index in [0.29, 0.717) is 13.1 Å². The Hall–Kier alpha value is -3.80. The number of anilines is 1. The SMILES string of the molecule is C=CCOC(=O)C(=C=c1sc(=C=CNc2cccc(C(F)(F)CN3CCCC3)n2)c(=O)n1CC)C#N. The minimum absolute atomic E-state index is 0.0659. The molecule has 3 heterocycles. The second-order valence-electron chi connectivity index (χ2n) is 7.81. The molecule has 36 heavy (non-hydrogen) atoms. The van der Waals surface area contributed by atoms with Gasteiger partial charge >= 0.3 is 11.9 Å². The van der Waals surface area contributed by atoms with E-state index in [1.165, 1.54) is 35.0 Å². The Kier molecular flexibility index (Phi) is 9.12. The average Bonchev–Trinajstić information content (AvgIpc) is 3.48. The lowest BCUT2D eigenvalue weighted by Gasteiger charge is -2.22. The Labute approximate surface area is 210 Å². The highest BCUT2D eigenvalue weighted by Crippen LogP contribution is 2.29. The van der Waals surface area contributed by atoms with Gasteiger partial charge < -0.3 is 10.1 Å². The summed E-state index contributed by atoms with van der Waals surface area (Å²) in [6.45, 7) is 6.30. The number of alkyl halides is 2. The van der Waals surface area contributed by atoms with Crippen LogP contribution in [0.15, 0.2) is 47.4 Å². The fourth-order valence-corrected chi connectivity index (χ4v) is 4.50. The molecule has 1 saturated heterocycles. The predicted octanol–water partition coefficient (Wildman–Crippen LogP) is 2.08. The summed E-state index contributed by atoms with van der Waals surface area (Å²) < 4.78 is 36.0. The molecular formula is C25H25F2N5O3S. The predicted molar refractivity (Wildman–Crippen MR) is 133 cm³/mol. The highest BCUT2D eigenvalue weighted by molar-refractivity contribution is 7.07. The van der Waals surface area contributed by atoms with Gasteiger partial charge in [0.15, 0.2) is 5.57 Å². The third-order valence-corrected chi connectivity index (χ3v) is 6.26. The molecule has 0 saturated carbocycles. The number of carbonyl (C=O) groups excluding carboxylic acids is 1. The van der Waals surface area contributed by atoms with Crippen molar-refractivity contribution in [3.63, 3.8) is 0 Å². The molecule has 2 aromatic rings. The van der Waals surface area contributed by atoms with E-state index in [2.05, 4.69) is 28.3 Å². The van der Waals surface area contributed by atoms with E-state index in [1.54, 1.807) is 17.9 Å². The molecule has 2 aromatic heterocycles. The van der Waals surface area contributed by atoms with E-state index in [4.69, 9.17) is 4.74 Å². The summed E-state index contributed by atoms with van der Waals surface area (Å²) in [7, 11) is 0. The monoisotopic (exact) mass is 513 g/mol. The van der Waals surface area contributed by atoms with Crippen LogP contribution in [0.4, 0.5) is 14.6 Å². The molecule has 1 aliphatic rings. The topological polar surface area (TPSA) is 100 Å². The van der Waals surface area contributed by atoms with Crippen LogP contribution < -0.4 is 20.1 Å². The van der Waals surface area contributed by atoms with Crippen LogP contribution in [0.2, 0.25) is 0 Å². The Balaban J connectivity index is 1.91. The highest BCUT2D eigenvalue weighted by atomic mass is 32.1. The smallest absolute Gasteiger partial charge is 0.357 e. The van der Waals surface area contributed by atoms with Gasteiger partial charge in [-0.05, 0) is 45.0 Å². The third-order valence-electron chi connectivity index (χ3n) is 5.25. The number of likely N-dealkylation sites (tertiary alicyclic amines) is 1. The maximum absolute atomic E-state index is 14.7. The second kappa shape index (κ2) is 12.2. The summed E-state index contributed by atoms with van der Waals surface area (Å²) in [5.41, 5.74) is 4.28. The van der Waals surface area contributed by atoms with Crippen molar-refractivity contribution in [2.45, 2.75) is 32.2 Å². The molecule has 1 N–H and O–H groups in total. The molecule has 3 rings (SSSR count). The van der Waals surface area contributed by atoms with Gasteiger partial charge in [-0.3, -0.25) is 14.3 Å². The lowest BCUT2D eigenvalue weighted by molar-refractivity contribution is -0.137. The molecule has 1 fully saturated rings. The van der Waals surface area contributed by atoms with E-state index in [1.807, 2.05) is 0 Å². The first-order valence-corrected chi connectivity index (χ1v) is 12.1. The number of nitrogens with zero attached hydrogens (tertiary/aromatic N) is 4. The molecule has 11 heteroatoms.